The fourth-order valence-electron chi connectivity index (χ4n) is 2.32. The molecule has 0 saturated carbocycles. The summed E-state index contributed by atoms with van der Waals surface area (Å²) in [6.45, 7) is 2.01. The molecule has 1 heterocycles. The summed E-state index contributed by atoms with van der Waals surface area (Å²) in [6, 6.07) is 16.3. The molecular formula is C17H14ClNO. The molecule has 2 nitrogen and oxygen atoms in total. The first-order valence-corrected chi connectivity index (χ1v) is 6.21. The Labute approximate surface area is 124 Å². The standard InChI is InChI=1S/C17H14NO.ClH/c1-12-17(13-6-4-3-5-7-13)16-10-15(19-2)9-8-14(16)11-18-12;/h3-10H,1-2H3;1H/q+1;/p-1. The van der Waals surface area contributed by atoms with E-state index in [1.165, 1.54) is 5.56 Å². The summed E-state index contributed by atoms with van der Waals surface area (Å²) < 4.78 is 5.32. The zero-order valence-electron chi connectivity index (χ0n) is 11.4. The van der Waals surface area contributed by atoms with Crippen LogP contribution in [-0.2, 0) is 0 Å². The molecule has 3 rings (SSSR count). The van der Waals surface area contributed by atoms with Crippen molar-refractivity contribution in [3.8, 4) is 5.75 Å². The van der Waals surface area contributed by atoms with Crippen molar-refractivity contribution in [1.82, 2.24) is 0 Å². The van der Waals surface area contributed by atoms with Crippen molar-refractivity contribution in [2.45, 2.75) is 6.92 Å². The Hall–Kier alpha value is -2.15. The first-order chi connectivity index (χ1) is 9.29. The Bertz CT molecular complexity index is 763. The van der Waals surface area contributed by atoms with Gasteiger partial charge in [-0.25, -0.2) is 0 Å². The molecule has 1 aliphatic heterocycles. The zero-order chi connectivity index (χ0) is 13.2. The Morgan fingerprint density at radius 2 is 1.80 bits per heavy atom. The lowest BCUT2D eigenvalue weighted by Crippen LogP contribution is -3.00. The van der Waals surface area contributed by atoms with E-state index in [4.69, 9.17) is 4.74 Å². The summed E-state index contributed by atoms with van der Waals surface area (Å²) in [7, 11) is 1.68. The molecule has 0 spiro atoms. The van der Waals surface area contributed by atoms with Crippen LogP contribution in [0.3, 0.4) is 0 Å². The minimum atomic E-state index is 0. The van der Waals surface area contributed by atoms with Gasteiger partial charge in [0.15, 0.2) is 5.22 Å². The fraction of sp³-hybridized carbons (Fsp3) is 0.118. The quantitative estimate of drug-likeness (QED) is 0.647. The average molecular weight is 284 g/mol. The first kappa shape index (κ1) is 14.3. The number of benzene rings is 2. The highest BCUT2D eigenvalue weighted by Crippen LogP contribution is 2.15. The highest BCUT2D eigenvalue weighted by Gasteiger charge is 2.17. The SMILES string of the molecule is COc1ccc2c(c1)=C(c1ccccc1)C(C)=N[C+]=2.[Cl-]. The maximum atomic E-state index is 5.32. The molecule has 1 aliphatic rings. The van der Waals surface area contributed by atoms with Crippen LogP contribution < -0.4 is 27.6 Å². The van der Waals surface area contributed by atoms with Crippen molar-refractivity contribution in [1.29, 1.82) is 0 Å². The second-order valence-electron chi connectivity index (χ2n) is 4.46. The van der Waals surface area contributed by atoms with E-state index in [-0.39, 0.29) is 12.4 Å². The number of rotatable bonds is 2. The zero-order valence-corrected chi connectivity index (χ0v) is 12.1. The van der Waals surface area contributed by atoms with Crippen LogP contribution >= 0.6 is 0 Å². The molecule has 2 aromatic rings. The molecule has 0 aliphatic carbocycles. The van der Waals surface area contributed by atoms with Crippen LogP contribution in [0.5, 0.6) is 5.75 Å². The minimum absolute atomic E-state index is 0. The molecule has 0 saturated heterocycles. The molecule has 0 unspecified atom stereocenters. The molecule has 3 heteroatoms. The summed E-state index contributed by atoms with van der Waals surface area (Å²) in [5.74, 6) is 0.851. The lowest BCUT2D eigenvalue weighted by Gasteiger charge is -2.05. The number of fused-ring (bicyclic) bond motifs is 1. The Morgan fingerprint density at radius 3 is 2.50 bits per heavy atom. The van der Waals surface area contributed by atoms with Gasteiger partial charge in [0.25, 0.3) is 0 Å². The van der Waals surface area contributed by atoms with Gasteiger partial charge in [-0.05, 0) is 0 Å². The van der Waals surface area contributed by atoms with Gasteiger partial charge in [-0.3, -0.25) is 0 Å². The number of methoxy groups -OCH3 is 1. The molecule has 0 fully saturated rings. The van der Waals surface area contributed by atoms with E-state index >= 15 is 0 Å². The van der Waals surface area contributed by atoms with Gasteiger partial charge in [0, 0.05) is 30.7 Å². The molecular weight excluding hydrogens is 270 g/mol. The van der Waals surface area contributed by atoms with Crippen molar-refractivity contribution in [2.75, 3.05) is 7.11 Å². The van der Waals surface area contributed by atoms with Crippen LogP contribution in [-0.4, -0.2) is 12.8 Å². The van der Waals surface area contributed by atoms with Crippen molar-refractivity contribution < 1.29 is 17.1 Å². The predicted molar refractivity (Wildman–Crippen MR) is 77.7 cm³/mol. The fourth-order valence-corrected chi connectivity index (χ4v) is 2.32. The van der Waals surface area contributed by atoms with Crippen LogP contribution in [0.25, 0.3) is 11.8 Å². The Morgan fingerprint density at radius 1 is 1.05 bits per heavy atom. The van der Waals surface area contributed by atoms with Crippen molar-refractivity contribution in [3.63, 3.8) is 0 Å². The number of aliphatic imine (C=N–C) groups is 1. The van der Waals surface area contributed by atoms with Crippen LogP contribution in [0.1, 0.15) is 12.5 Å². The minimum Gasteiger partial charge on any atom is -1.00 e. The smallest absolute Gasteiger partial charge is 0.176 e. The van der Waals surface area contributed by atoms with Gasteiger partial charge in [-0.2, -0.15) is 0 Å². The highest BCUT2D eigenvalue weighted by atomic mass is 35.5. The molecule has 20 heavy (non-hydrogen) atoms. The van der Waals surface area contributed by atoms with Gasteiger partial charge in [-0.15, -0.1) is 4.99 Å². The normalized spacial score (nSPS) is 12.3. The lowest BCUT2D eigenvalue weighted by molar-refractivity contribution is -0.00000415. The number of halogens is 1. The van der Waals surface area contributed by atoms with Gasteiger partial charge in [0.05, 0.1) is 17.9 Å². The predicted octanol–water partition coefficient (Wildman–Crippen LogP) is -1.01. The van der Waals surface area contributed by atoms with Gasteiger partial charge in [0.2, 0.25) is 0 Å². The third-order valence-corrected chi connectivity index (χ3v) is 3.26. The van der Waals surface area contributed by atoms with Gasteiger partial charge in [-0.1, -0.05) is 30.3 Å². The monoisotopic (exact) mass is 283 g/mol. The second kappa shape index (κ2) is 5.87. The molecule has 0 N–H and O–H groups in total. The third kappa shape index (κ3) is 2.44. The summed E-state index contributed by atoms with van der Waals surface area (Å²) in [4.78, 5) is 4.37. The van der Waals surface area contributed by atoms with Gasteiger partial charge < -0.3 is 17.1 Å². The second-order valence-corrected chi connectivity index (χ2v) is 4.46. The van der Waals surface area contributed by atoms with Crippen LogP contribution in [0.2, 0.25) is 0 Å². The molecule has 0 radical (unpaired) electrons. The topological polar surface area (TPSA) is 21.6 Å². The first-order valence-electron chi connectivity index (χ1n) is 6.21. The van der Waals surface area contributed by atoms with Gasteiger partial charge >= 0.3 is 0 Å². The molecule has 0 atom stereocenters. The Kier molecular flexibility index (Phi) is 4.19. The number of ether oxygens (including phenoxy) is 1. The number of hydrogen-bond donors (Lipinski definition) is 0. The Balaban J connectivity index is 0.00000147. The van der Waals surface area contributed by atoms with E-state index in [9.17, 15) is 0 Å². The van der Waals surface area contributed by atoms with Crippen LogP contribution in [0.4, 0.5) is 0 Å². The lowest BCUT2D eigenvalue weighted by atomic mass is 9.97. The van der Waals surface area contributed by atoms with Crippen LogP contribution in [0.15, 0.2) is 53.5 Å². The summed E-state index contributed by atoms with van der Waals surface area (Å²) in [5.41, 5.74) is 3.29. The maximum Gasteiger partial charge on any atom is 0.176 e. The summed E-state index contributed by atoms with van der Waals surface area (Å²) >= 11 is 0. The average Bonchev–Trinajstić information content (AvgIpc) is 2.47. The maximum absolute atomic E-state index is 5.32. The molecule has 100 valence electrons. The van der Waals surface area contributed by atoms with E-state index in [2.05, 4.69) is 23.3 Å². The van der Waals surface area contributed by atoms with Gasteiger partial charge in [0.1, 0.15) is 17.7 Å². The van der Waals surface area contributed by atoms with E-state index in [1.807, 2.05) is 43.3 Å². The molecule has 2 aromatic carbocycles. The summed E-state index contributed by atoms with van der Waals surface area (Å²) in [5, 5.41) is 2.13. The van der Waals surface area contributed by atoms with E-state index in [0.717, 1.165) is 27.5 Å². The third-order valence-electron chi connectivity index (χ3n) is 3.26. The van der Waals surface area contributed by atoms with E-state index in [1.54, 1.807) is 7.11 Å². The molecule has 0 aromatic heterocycles. The molecule has 0 amide bonds. The van der Waals surface area contributed by atoms with Crippen molar-refractivity contribution >= 4 is 17.5 Å². The highest BCUT2D eigenvalue weighted by molar-refractivity contribution is 6.23. The van der Waals surface area contributed by atoms with Crippen molar-refractivity contribution in [3.05, 3.63) is 64.5 Å². The number of nitrogens with zero attached hydrogens (tertiary/aromatic N) is 1. The van der Waals surface area contributed by atoms with E-state index in [0.29, 0.717) is 0 Å². The van der Waals surface area contributed by atoms with Crippen LogP contribution in [0, 0.1) is 0 Å². The largest absolute Gasteiger partial charge is 1.00 e. The molecule has 0 bridgehead atoms. The van der Waals surface area contributed by atoms with E-state index < -0.39 is 0 Å². The summed E-state index contributed by atoms with van der Waals surface area (Å²) in [6.07, 6.45) is 3.07. The van der Waals surface area contributed by atoms with Crippen molar-refractivity contribution in [2.24, 2.45) is 4.99 Å². The number of hydrogen-bond acceptors (Lipinski definition) is 2.